The van der Waals surface area contributed by atoms with Gasteiger partial charge in [0.2, 0.25) is 11.8 Å². The molecule has 0 aromatic rings. The Morgan fingerprint density at radius 2 is 1.77 bits per heavy atom. The van der Waals surface area contributed by atoms with Gasteiger partial charge in [0.1, 0.15) is 6.04 Å². The number of nitrogens with zero attached hydrogens (tertiary/aromatic N) is 3. The van der Waals surface area contributed by atoms with Gasteiger partial charge in [0, 0.05) is 18.8 Å². The minimum atomic E-state index is -0.614. The van der Waals surface area contributed by atoms with Gasteiger partial charge in [-0.1, -0.05) is 40.2 Å². The lowest BCUT2D eigenvalue weighted by Crippen LogP contribution is -2.57. The largest absolute Gasteiger partial charge is 0.343 e. The highest BCUT2D eigenvalue weighted by Gasteiger charge is 2.34. The van der Waals surface area contributed by atoms with Crippen LogP contribution < -0.4 is 5.32 Å². The predicted molar refractivity (Wildman–Crippen MR) is 121 cm³/mol. The number of nitrogens with one attached hydrogen (secondary N) is 1. The van der Waals surface area contributed by atoms with Gasteiger partial charge < -0.3 is 10.2 Å². The van der Waals surface area contributed by atoms with Crippen LogP contribution in [0.4, 0.5) is 0 Å². The second kappa shape index (κ2) is 12.0. The number of carbonyl (C=O) groups is 3. The number of likely N-dealkylation sites (N-methyl/N-ethyl adjacent to an activating group) is 2. The van der Waals surface area contributed by atoms with Crippen molar-refractivity contribution in [3.05, 3.63) is 11.6 Å². The molecule has 1 heterocycles. The molecule has 2 unspecified atom stereocenters. The topological polar surface area (TPSA) is 82.1 Å². The number of carbonyl (C=O) groups excluding carboxylic acids is 3. The van der Waals surface area contributed by atoms with E-state index in [1.54, 1.807) is 31.9 Å². The SMILES string of the molecule is CC=NC(=O)/C(C)=C/[C@H](C(C)C)N(C)C(=O)C(NC(=O)C1CCCCN1C)C(C)C. The van der Waals surface area contributed by atoms with Crippen LogP contribution >= 0.6 is 0 Å². The van der Waals surface area contributed by atoms with Crippen molar-refractivity contribution in [3.63, 3.8) is 0 Å². The van der Waals surface area contributed by atoms with Crippen molar-refractivity contribution in [2.45, 2.75) is 78.9 Å². The summed E-state index contributed by atoms with van der Waals surface area (Å²) in [5.41, 5.74) is 0.500. The molecule has 0 aliphatic carbocycles. The van der Waals surface area contributed by atoms with Gasteiger partial charge in [-0.05, 0) is 52.1 Å². The molecule has 1 aliphatic heterocycles. The maximum Gasteiger partial charge on any atom is 0.272 e. The molecule has 0 bridgehead atoms. The van der Waals surface area contributed by atoms with Crippen LogP contribution in [0, 0.1) is 11.8 Å². The maximum absolute atomic E-state index is 13.4. The fourth-order valence-corrected chi connectivity index (χ4v) is 3.83. The standard InChI is InChI=1S/C23H40N4O3/c1-9-24-21(28)17(6)14-19(15(2)3)27(8)23(30)20(16(4)5)25-22(29)18-12-10-11-13-26(18)7/h9,14-16,18-20H,10-13H2,1-8H3,(H,25,29)/b17-14+,24-9?/t18?,19-,20?/m1/s1. The van der Waals surface area contributed by atoms with Crippen molar-refractivity contribution in [1.82, 2.24) is 15.1 Å². The van der Waals surface area contributed by atoms with Crippen LogP contribution in [0.15, 0.2) is 16.6 Å². The Hall–Kier alpha value is -2.02. The molecular weight excluding hydrogens is 380 g/mol. The molecule has 7 heteroatoms. The number of hydrogen-bond donors (Lipinski definition) is 1. The van der Waals surface area contributed by atoms with E-state index in [0.717, 1.165) is 25.8 Å². The highest BCUT2D eigenvalue weighted by molar-refractivity contribution is 5.97. The number of piperidine rings is 1. The molecule has 1 N–H and O–H groups in total. The van der Waals surface area contributed by atoms with Crippen LogP contribution in [0.1, 0.15) is 60.8 Å². The van der Waals surface area contributed by atoms with Gasteiger partial charge in [-0.15, -0.1) is 0 Å². The molecule has 0 saturated carbocycles. The molecular formula is C23H40N4O3. The number of aliphatic imine (C=N–C) groups is 1. The van der Waals surface area contributed by atoms with Crippen LogP contribution in [-0.4, -0.2) is 72.5 Å². The first-order chi connectivity index (χ1) is 14.0. The van der Waals surface area contributed by atoms with Crippen molar-refractivity contribution < 1.29 is 14.4 Å². The summed E-state index contributed by atoms with van der Waals surface area (Å²) in [5, 5.41) is 3.00. The van der Waals surface area contributed by atoms with Crippen molar-refractivity contribution in [2.24, 2.45) is 16.8 Å². The van der Waals surface area contributed by atoms with Gasteiger partial charge in [-0.2, -0.15) is 0 Å². The van der Waals surface area contributed by atoms with Crippen molar-refractivity contribution >= 4 is 23.9 Å². The Morgan fingerprint density at radius 3 is 2.27 bits per heavy atom. The minimum absolute atomic E-state index is 0.0537. The second-order valence-corrected chi connectivity index (χ2v) is 8.95. The fraction of sp³-hybridized carbons (Fsp3) is 0.739. The van der Waals surface area contributed by atoms with Gasteiger partial charge in [0.25, 0.3) is 5.91 Å². The van der Waals surface area contributed by atoms with Crippen LogP contribution in [0.3, 0.4) is 0 Å². The van der Waals surface area contributed by atoms with Gasteiger partial charge in [-0.25, -0.2) is 4.99 Å². The average Bonchev–Trinajstić information content (AvgIpc) is 2.68. The highest BCUT2D eigenvalue weighted by Crippen LogP contribution is 2.19. The predicted octanol–water partition coefficient (Wildman–Crippen LogP) is 2.66. The van der Waals surface area contributed by atoms with Gasteiger partial charge in [-0.3, -0.25) is 19.3 Å². The van der Waals surface area contributed by atoms with E-state index in [1.807, 2.05) is 34.7 Å². The number of rotatable bonds is 8. The van der Waals surface area contributed by atoms with Crippen molar-refractivity contribution in [2.75, 3.05) is 20.6 Å². The van der Waals surface area contributed by atoms with Crippen molar-refractivity contribution in [1.29, 1.82) is 0 Å². The quantitative estimate of drug-likeness (QED) is 0.483. The highest BCUT2D eigenvalue weighted by atomic mass is 16.2. The lowest BCUT2D eigenvalue weighted by molar-refractivity contribution is -0.139. The third kappa shape index (κ3) is 7.04. The van der Waals surface area contributed by atoms with Crippen LogP contribution in [0.25, 0.3) is 0 Å². The zero-order chi connectivity index (χ0) is 23.0. The zero-order valence-electron chi connectivity index (χ0n) is 19.9. The van der Waals surface area contributed by atoms with Crippen LogP contribution in [0.5, 0.6) is 0 Å². The van der Waals surface area contributed by atoms with E-state index in [0.29, 0.717) is 5.57 Å². The molecule has 170 valence electrons. The third-order valence-corrected chi connectivity index (χ3v) is 5.79. The molecule has 0 spiro atoms. The summed E-state index contributed by atoms with van der Waals surface area (Å²) in [6.45, 7) is 12.2. The van der Waals surface area contributed by atoms with Crippen molar-refractivity contribution in [3.8, 4) is 0 Å². The first kappa shape index (κ1) is 26.0. The summed E-state index contributed by atoms with van der Waals surface area (Å²) in [6, 6.07) is -1.08. The average molecular weight is 421 g/mol. The Labute approximate surface area is 182 Å². The molecule has 3 atom stereocenters. The molecule has 0 radical (unpaired) electrons. The van der Waals surface area contributed by atoms with Gasteiger partial charge >= 0.3 is 0 Å². The molecule has 0 aromatic carbocycles. The first-order valence-corrected chi connectivity index (χ1v) is 11.0. The van der Waals surface area contributed by atoms with E-state index >= 15 is 0 Å². The molecule has 1 aliphatic rings. The molecule has 30 heavy (non-hydrogen) atoms. The summed E-state index contributed by atoms with van der Waals surface area (Å²) in [4.78, 5) is 45.8. The molecule has 1 fully saturated rings. The normalized spacial score (nSPS) is 20.5. The molecule has 1 rings (SSSR count). The number of likely N-dealkylation sites (tertiary alicyclic amines) is 1. The monoisotopic (exact) mass is 420 g/mol. The summed E-state index contributed by atoms with van der Waals surface area (Å²) in [6.07, 6.45) is 6.19. The number of hydrogen-bond acceptors (Lipinski definition) is 4. The van der Waals surface area contributed by atoms with Crippen LogP contribution in [-0.2, 0) is 14.4 Å². The summed E-state index contributed by atoms with van der Waals surface area (Å²) in [7, 11) is 3.69. The second-order valence-electron chi connectivity index (χ2n) is 8.95. The van der Waals surface area contributed by atoms with E-state index in [9.17, 15) is 14.4 Å². The van der Waals surface area contributed by atoms with Crippen LogP contribution in [0.2, 0.25) is 0 Å². The molecule has 0 aromatic heterocycles. The smallest absolute Gasteiger partial charge is 0.272 e. The molecule has 1 saturated heterocycles. The lowest BCUT2D eigenvalue weighted by Gasteiger charge is -2.36. The lowest BCUT2D eigenvalue weighted by atomic mass is 9.96. The molecule has 7 nitrogen and oxygen atoms in total. The third-order valence-electron chi connectivity index (χ3n) is 5.79. The number of amides is 3. The first-order valence-electron chi connectivity index (χ1n) is 11.0. The van der Waals surface area contributed by atoms with Gasteiger partial charge in [0.15, 0.2) is 0 Å². The Kier molecular flexibility index (Phi) is 10.4. The Morgan fingerprint density at radius 1 is 1.13 bits per heavy atom. The van der Waals surface area contributed by atoms with E-state index in [1.165, 1.54) is 6.21 Å². The molecule has 3 amide bonds. The minimum Gasteiger partial charge on any atom is -0.343 e. The Balaban J connectivity index is 3.03. The van der Waals surface area contributed by atoms with E-state index < -0.39 is 6.04 Å². The Bertz CT molecular complexity index is 669. The fourth-order valence-electron chi connectivity index (χ4n) is 3.83. The summed E-state index contributed by atoms with van der Waals surface area (Å²) in [5.74, 6) is -0.496. The van der Waals surface area contributed by atoms with Gasteiger partial charge in [0.05, 0.1) is 12.1 Å². The van der Waals surface area contributed by atoms with E-state index in [-0.39, 0.29) is 41.6 Å². The maximum atomic E-state index is 13.4. The summed E-state index contributed by atoms with van der Waals surface area (Å²) >= 11 is 0. The van der Waals surface area contributed by atoms with E-state index in [4.69, 9.17) is 0 Å². The zero-order valence-corrected chi connectivity index (χ0v) is 19.9. The van der Waals surface area contributed by atoms with E-state index in [2.05, 4.69) is 15.2 Å². The summed E-state index contributed by atoms with van der Waals surface area (Å²) < 4.78 is 0.